The third-order valence-corrected chi connectivity index (χ3v) is 5.96. The molecule has 0 aliphatic carbocycles. The van der Waals surface area contributed by atoms with Gasteiger partial charge in [0, 0.05) is 13.1 Å². The van der Waals surface area contributed by atoms with Gasteiger partial charge in [0.1, 0.15) is 0 Å². The Labute approximate surface area is 125 Å². The van der Waals surface area contributed by atoms with Crippen LogP contribution in [0.15, 0.2) is 35.2 Å². The van der Waals surface area contributed by atoms with Gasteiger partial charge in [-0.3, -0.25) is 4.79 Å². The summed E-state index contributed by atoms with van der Waals surface area (Å²) in [5.74, 6) is -0.891. The lowest BCUT2D eigenvalue weighted by Gasteiger charge is -2.39. The minimum absolute atomic E-state index is 0.0629. The first-order valence-electron chi connectivity index (χ1n) is 7.21. The van der Waals surface area contributed by atoms with Crippen molar-refractivity contribution in [1.29, 1.82) is 0 Å². The van der Waals surface area contributed by atoms with Gasteiger partial charge in [-0.1, -0.05) is 31.5 Å². The van der Waals surface area contributed by atoms with Gasteiger partial charge >= 0.3 is 5.97 Å². The van der Waals surface area contributed by atoms with Crippen molar-refractivity contribution in [3.63, 3.8) is 0 Å². The number of benzene rings is 1. The average Bonchev–Trinajstić information content (AvgIpc) is 2.48. The standard InChI is InChI=1S/C15H21NO4S/c1-2-9-15(14(17)18)10-6-11-16(12-15)21(19,20)13-7-4-3-5-8-13/h3-5,7-8H,2,6,9-12H2,1H3,(H,17,18). The molecule has 1 aromatic carbocycles. The van der Waals surface area contributed by atoms with E-state index < -0.39 is 21.4 Å². The van der Waals surface area contributed by atoms with Crippen LogP contribution < -0.4 is 0 Å². The van der Waals surface area contributed by atoms with Crippen molar-refractivity contribution >= 4 is 16.0 Å². The summed E-state index contributed by atoms with van der Waals surface area (Å²) < 4.78 is 26.6. The molecule has 0 radical (unpaired) electrons. The lowest BCUT2D eigenvalue weighted by Crippen LogP contribution is -2.49. The van der Waals surface area contributed by atoms with Crippen molar-refractivity contribution in [3.05, 3.63) is 30.3 Å². The Balaban J connectivity index is 2.31. The van der Waals surface area contributed by atoms with Gasteiger partial charge in [0.25, 0.3) is 0 Å². The summed E-state index contributed by atoms with van der Waals surface area (Å²) in [6.45, 7) is 2.37. The molecule has 1 atom stereocenters. The van der Waals surface area contributed by atoms with Crippen molar-refractivity contribution in [2.45, 2.75) is 37.5 Å². The molecule has 0 spiro atoms. The van der Waals surface area contributed by atoms with Gasteiger partial charge in [-0.05, 0) is 31.4 Å². The van der Waals surface area contributed by atoms with E-state index in [2.05, 4.69) is 0 Å². The summed E-state index contributed by atoms with van der Waals surface area (Å²) in [6.07, 6.45) is 2.35. The monoisotopic (exact) mass is 311 g/mol. The number of carbonyl (C=O) groups is 1. The van der Waals surface area contributed by atoms with Crippen molar-refractivity contribution in [1.82, 2.24) is 4.31 Å². The molecular weight excluding hydrogens is 290 g/mol. The predicted molar refractivity (Wildman–Crippen MR) is 79.4 cm³/mol. The van der Waals surface area contributed by atoms with Crippen molar-refractivity contribution in [2.75, 3.05) is 13.1 Å². The maximum absolute atomic E-state index is 12.6. The van der Waals surface area contributed by atoms with E-state index in [0.29, 0.717) is 25.8 Å². The second kappa shape index (κ2) is 6.15. The summed E-state index contributed by atoms with van der Waals surface area (Å²) in [6, 6.07) is 8.20. The van der Waals surface area contributed by atoms with Gasteiger partial charge in [0.05, 0.1) is 10.3 Å². The Kier molecular flexibility index (Phi) is 4.68. The van der Waals surface area contributed by atoms with Crippen LogP contribution >= 0.6 is 0 Å². The van der Waals surface area contributed by atoms with E-state index in [0.717, 1.165) is 6.42 Å². The van der Waals surface area contributed by atoms with Crippen LogP contribution in [-0.2, 0) is 14.8 Å². The highest BCUT2D eigenvalue weighted by molar-refractivity contribution is 7.89. The minimum atomic E-state index is -3.61. The molecule has 1 aliphatic heterocycles. The molecule has 21 heavy (non-hydrogen) atoms. The Morgan fingerprint density at radius 1 is 1.33 bits per heavy atom. The second-order valence-electron chi connectivity index (χ2n) is 5.59. The first kappa shape index (κ1) is 16.0. The van der Waals surface area contributed by atoms with Crippen LogP contribution in [0.1, 0.15) is 32.6 Å². The first-order valence-corrected chi connectivity index (χ1v) is 8.65. The van der Waals surface area contributed by atoms with Crippen LogP contribution in [0.25, 0.3) is 0 Å². The zero-order valence-corrected chi connectivity index (χ0v) is 13.0. The molecule has 1 unspecified atom stereocenters. The largest absolute Gasteiger partial charge is 0.481 e. The normalized spacial score (nSPS) is 23.9. The summed E-state index contributed by atoms with van der Waals surface area (Å²) >= 11 is 0. The fourth-order valence-corrected chi connectivity index (χ4v) is 4.59. The van der Waals surface area contributed by atoms with E-state index in [4.69, 9.17) is 0 Å². The molecule has 1 aromatic rings. The van der Waals surface area contributed by atoms with Crippen LogP contribution in [-0.4, -0.2) is 36.9 Å². The quantitative estimate of drug-likeness (QED) is 0.905. The number of hydrogen-bond donors (Lipinski definition) is 1. The van der Waals surface area contributed by atoms with Crippen LogP contribution in [0.3, 0.4) is 0 Å². The number of carboxylic acids is 1. The van der Waals surface area contributed by atoms with Crippen LogP contribution in [0.4, 0.5) is 0 Å². The van der Waals surface area contributed by atoms with Crippen LogP contribution in [0, 0.1) is 5.41 Å². The first-order chi connectivity index (χ1) is 9.92. The van der Waals surface area contributed by atoms with E-state index >= 15 is 0 Å². The molecule has 1 aliphatic rings. The lowest BCUT2D eigenvalue weighted by molar-refractivity contribution is -0.151. The van der Waals surface area contributed by atoms with Crippen LogP contribution in [0.2, 0.25) is 0 Å². The molecule has 6 heteroatoms. The maximum Gasteiger partial charge on any atom is 0.310 e. The second-order valence-corrected chi connectivity index (χ2v) is 7.53. The summed E-state index contributed by atoms with van der Waals surface area (Å²) in [7, 11) is -3.61. The van der Waals surface area contributed by atoms with Gasteiger partial charge < -0.3 is 5.11 Å². The molecule has 116 valence electrons. The van der Waals surface area contributed by atoms with Crippen molar-refractivity contribution in [2.24, 2.45) is 5.41 Å². The molecule has 0 aromatic heterocycles. The summed E-state index contributed by atoms with van der Waals surface area (Å²) in [4.78, 5) is 11.9. The number of nitrogens with zero attached hydrogens (tertiary/aromatic N) is 1. The van der Waals surface area contributed by atoms with Crippen molar-refractivity contribution < 1.29 is 18.3 Å². The minimum Gasteiger partial charge on any atom is -0.481 e. The number of aliphatic carboxylic acids is 1. The summed E-state index contributed by atoms with van der Waals surface area (Å²) in [5, 5.41) is 9.55. The Morgan fingerprint density at radius 2 is 2.00 bits per heavy atom. The summed E-state index contributed by atoms with van der Waals surface area (Å²) in [5.41, 5.74) is -0.950. The molecule has 0 bridgehead atoms. The van der Waals surface area contributed by atoms with Gasteiger partial charge in [0.2, 0.25) is 10.0 Å². The highest BCUT2D eigenvalue weighted by Gasteiger charge is 2.44. The lowest BCUT2D eigenvalue weighted by atomic mass is 9.77. The number of rotatable bonds is 5. The Morgan fingerprint density at radius 3 is 2.57 bits per heavy atom. The molecule has 0 amide bonds. The number of piperidine rings is 1. The SMILES string of the molecule is CCCC1(C(=O)O)CCCN(S(=O)(=O)c2ccccc2)C1. The highest BCUT2D eigenvalue weighted by Crippen LogP contribution is 2.37. The van der Waals surface area contributed by atoms with Gasteiger partial charge in [-0.15, -0.1) is 0 Å². The smallest absolute Gasteiger partial charge is 0.310 e. The molecule has 2 rings (SSSR count). The number of carboxylic acid groups (broad SMARTS) is 1. The Bertz CT molecular complexity index is 595. The molecular formula is C15H21NO4S. The Hall–Kier alpha value is -1.40. The molecule has 0 saturated carbocycles. The topological polar surface area (TPSA) is 74.7 Å². The maximum atomic E-state index is 12.6. The third-order valence-electron chi connectivity index (χ3n) is 4.11. The number of hydrogen-bond acceptors (Lipinski definition) is 3. The van der Waals surface area contributed by atoms with Crippen molar-refractivity contribution in [3.8, 4) is 0 Å². The van der Waals surface area contributed by atoms with Gasteiger partial charge in [-0.2, -0.15) is 4.31 Å². The molecule has 1 fully saturated rings. The van der Waals surface area contributed by atoms with Gasteiger partial charge in [0.15, 0.2) is 0 Å². The fourth-order valence-electron chi connectivity index (χ4n) is 3.00. The molecule has 1 saturated heterocycles. The van der Waals surface area contributed by atoms with E-state index in [1.165, 1.54) is 4.31 Å². The van der Waals surface area contributed by atoms with E-state index in [9.17, 15) is 18.3 Å². The fraction of sp³-hybridized carbons (Fsp3) is 0.533. The zero-order valence-electron chi connectivity index (χ0n) is 12.2. The average molecular weight is 311 g/mol. The molecule has 5 nitrogen and oxygen atoms in total. The van der Waals surface area contributed by atoms with Crippen LogP contribution in [0.5, 0.6) is 0 Å². The molecule has 1 heterocycles. The van der Waals surface area contributed by atoms with Gasteiger partial charge in [-0.25, -0.2) is 8.42 Å². The highest BCUT2D eigenvalue weighted by atomic mass is 32.2. The molecule has 1 N–H and O–H groups in total. The van der Waals surface area contributed by atoms with E-state index in [1.54, 1.807) is 30.3 Å². The van der Waals surface area contributed by atoms with E-state index in [-0.39, 0.29) is 11.4 Å². The number of sulfonamides is 1. The third kappa shape index (κ3) is 3.11. The van der Waals surface area contributed by atoms with E-state index in [1.807, 2.05) is 6.92 Å². The zero-order chi connectivity index (χ0) is 15.5. The predicted octanol–water partition coefficient (Wildman–Crippen LogP) is 2.34.